The van der Waals surface area contributed by atoms with E-state index in [-0.39, 0.29) is 0 Å². The van der Waals surface area contributed by atoms with E-state index in [2.05, 4.69) is 0 Å². The van der Waals surface area contributed by atoms with Crippen molar-refractivity contribution >= 4 is 16.8 Å². The number of fused-ring (bicyclic) bond motifs is 1. The number of hydrogen-bond donors (Lipinski definition) is 0. The van der Waals surface area contributed by atoms with Crippen molar-refractivity contribution in [1.29, 1.82) is 0 Å². The summed E-state index contributed by atoms with van der Waals surface area (Å²) < 4.78 is 22.8. The molecule has 1 aromatic rings. The quantitative estimate of drug-likeness (QED) is 0.798. The summed E-state index contributed by atoms with van der Waals surface area (Å²) in [5.74, 6) is -0.780. The highest BCUT2D eigenvalue weighted by Crippen LogP contribution is 2.39. The van der Waals surface area contributed by atoms with Crippen LogP contribution >= 0.6 is 11.6 Å². The predicted molar refractivity (Wildman–Crippen MR) is 74.6 cm³/mol. The molecule has 2 aliphatic heterocycles. The van der Waals surface area contributed by atoms with Crippen LogP contribution in [0.3, 0.4) is 0 Å². The number of carbonyl (C=O) groups excluding carboxylic acids is 1. The first-order chi connectivity index (χ1) is 9.96. The summed E-state index contributed by atoms with van der Waals surface area (Å²) in [5.41, 5.74) is 1.01. The number of hydrogen-bond acceptors (Lipinski definition) is 5. The molecule has 0 aliphatic carbocycles. The van der Waals surface area contributed by atoms with Gasteiger partial charge in [0.2, 0.25) is 0 Å². The van der Waals surface area contributed by atoms with Gasteiger partial charge in [0.15, 0.2) is 18.2 Å². The normalized spacial score (nSPS) is 33.9. The standard InChI is InChI=1S/C15H17ClO5/c1-15(2)20-10-11(13(16)17)19-14(12(10)21-15)18-8-9-6-4-3-5-7-9/h3-7,10-12,14H,8H2,1-2H3/t10-,11-,12-,14-/m0/s1. The molecule has 1 aromatic carbocycles. The molecular weight excluding hydrogens is 296 g/mol. The lowest BCUT2D eigenvalue weighted by molar-refractivity contribution is -0.233. The van der Waals surface area contributed by atoms with Crippen molar-refractivity contribution in [3.8, 4) is 0 Å². The van der Waals surface area contributed by atoms with E-state index in [1.54, 1.807) is 13.8 Å². The highest BCUT2D eigenvalue weighted by Gasteiger charge is 2.57. The minimum atomic E-state index is -0.862. The number of rotatable bonds is 4. The van der Waals surface area contributed by atoms with Crippen molar-refractivity contribution in [3.05, 3.63) is 35.9 Å². The van der Waals surface area contributed by atoms with Gasteiger partial charge in [-0.3, -0.25) is 4.79 Å². The number of carbonyl (C=O) groups is 1. The molecule has 0 spiro atoms. The molecule has 21 heavy (non-hydrogen) atoms. The predicted octanol–water partition coefficient (Wildman–Crippen LogP) is 2.21. The molecule has 114 valence electrons. The molecule has 4 atom stereocenters. The summed E-state index contributed by atoms with van der Waals surface area (Å²) in [6.07, 6.45) is -2.54. The Morgan fingerprint density at radius 1 is 1.24 bits per heavy atom. The maximum absolute atomic E-state index is 11.5. The lowest BCUT2D eigenvalue weighted by Crippen LogP contribution is -2.33. The second-order valence-electron chi connectivity index (χ2n) is 5.59. The van der Waals surface area contributed by atoms with Crippen LogP contribution in [0.4, 0.5) is 0 Å². The van der Waals surface area contributed by atoms with Gasteiger partial charge in [0.1, 0.15) is 12.2 Å². The minimum absolute atomic E-state index is 0.363. The molecule has 2 heterocycles. The Morgan fingerprint density at radius 2 is 1.90 bits per heavy atom. The van der Waals surface area contributed by atoms with Crippen molar-refractivity contribution in [2.24, 2.45) is 0 Å². The fourth-order valence-corrected chi connectivity index (χ4v) is 2.81. The van der Waals surface area contributed by atoms with Gasteiger partial charge in [0.05, 0.1) is 6.61 Å². The van der Waals surface area contributed by atoms with E-state index in [0.29, 0.717) is 6.61 Å². The van der Waals surface area contributed by atoms with E-state index in [4.69, 9.17) is 30.5 Å². The fraction of sp³-hybridized carbons (Fsp3) is 0.533. The molecule has 0 bridgehead atoms. The molecule has 0 radical (unpaired) electrons. The fourth-order valence-electron chi connectivity index (χ4n) is 2.63. The Balaban J connectivity index is 1.69. The third-order valence-electron chi connectivity index (χ3n) is 3.49. The molecule has 2 fully saturated rings. The number of ether oxygens (including phenoxy) is 4. The van der Waals surface area contributed by atoms with Crippen LogP contribution in [-0.4, -0.2) is 35.6 Å². The third-order valence-corrected chi connectivity index (χ3v) is 3.71. The van der Waals surface area contributed by atoms with E-state index in [1.165, 1.54) is 0 Å². The zero-order valence-corrected chi connectivity index (χ0v) is 12.6. The van der Waals surface area contributed by atoms with Crippen molar-refractivity contribution in [1.82, 2.24) is 0 Å². The molecule has 3 rings (SSSR count). The van der Waals surface area contributed by atoms with E-state index in [0.717, 1.165) is 5.56 Å². The molecule has 0 aromatic heterocycles. The van der Waals surface area contributed by atoms with Crippen LogP contribution < -0.4 is 0 Å². The highest BCUT2D eigenvalue weighted by atomic mass is 35.5. The molecule has 0 N–H and O–H groups in total. The van der Waals surface area contributed by atoms with E-state index < -0.39 is 35.6 Å². The summed E-state index contributed by atoms with van der Waals surface area (Å²) in [6.45, 7) is 3.94. The van der Waals surface area contributed by atoms with Crippen LogP contribution in [0, 0.1) is 0 Å². The first kappa shape index (κ1) is 14.9. The second kappa shape index (κ2) is 5.66. The van der Waals surface area contributed by atoms with E-state index >= 15 is 0 Å². The molecular formula is C15H17ClO5. The molecule has 2 aliphatic rings. The molecule has 0 amide bonds. The van der Waals surface area contributed by atoms with Crippen LogP contribution in [0.25, 0.3) is 0 Å². The summed E-state index contributed by atoms with van der Waals surface area (Å²) in [5, 5.41) is -0.600. The average Bonchev–Trinajstić information content (AvgIpc) is 2.91. The molecule has 5 nitrogen and oxygen atoms in total. The van der Waals surface area contributed by atoms with Crippen LogP contribution in [0.15, 0.2) is 30.3 Å². The lowest BCUT2D eigenvalue weighted by atomic mass is 10.1. The molecule has 6 heteroatoms. The van der Waals surface area contributed by atoms with Gasteiger partial charge >= 0.3 is 0 Å². The number of halogens is 1. The van der Waals surface area contributed by atoms with Crippen molar-refractivity contribution in [2.45, 2.75) is 50.8 Å². The van der Waals surface area contributed by atoms with Crippen molar-refractivity contribution in [2.75, 3.05) is 0 Å². The van der Waals surface area contributed by atoms with Gasteiger partial charge in [0.25, 0.3) is 5.24 Å². The van der Waals surface area contributed by atoms with Gasteiger partial charge in [-0.2, -0.15) is 0 Å². The average molecular weight is 313 g/mol. The molecule has 0 saturated carbocycles. The molecule has 2 saturated heterocycles. The monoisotopic (exact) mass is 312 g/mol. The Bertz CT molecular complexity index is 518. The van der Waals surface area contributed by atoms with Gasteiger partial charge in [-0.25, -0.2) is 0 Å². The Hall–Kier alpha value is -0.980. The SMILES string of the molecule is CC1(C)O[C@@H]2[C@@H](OCc3ccccc3)O[C@H](C(=O)Cl)[C@@H]2O1. The Kier molecular flexibility index (Phi) is 4.03. The zero-order chi connectivity index (χ0) is 15.0. The van der Waals surface area contributed by atoms with Gasteiger partial charge < -0.3 is 18.9 Å². The van der Waals surface area contributed by atoms with E-state index in [1.807, 2.05) is 30.3 Å². The first-order valence-corrected chi connectivity index (χ1v) is 7.20. The van der Waals surface area contributed by atoms with E-state index in [9.17, 15) is 4.79 Å². The molecule has 0 unspecified atom stereocenters. The van der Waals surface area contributed by atoms with Gasteiger partial charge in [-0.15, -0.1) is 0 Å². The number of benzene rings is 1. The topological polar surface area (TPSA) is 54.0 Å². The lowest BCUT2D eigenvalue weighted by Gasteiger charge is -2.23. The summed E-state index contributed by atoms with van der Waals surface area (Å²) >= 11 is 5.57. The maximum Gasteiger partial charge on any atom is 0.253 e. The Labute approximate surface area is 128 Å². The van der Waals surface area contributed by atoms with Gasteiger partial charge in [-0.1, -0.05) is 30.3 Å². The largest absolute Gasteiger partial charge is 0.345 e. The first-order valence-electron chi connectivity index (χ1n) is 6.82. The highest BCUT2D eigenvalue weighted by molar-refractivity contribution is 6.64. The van der Waals surface area contributed by atoms with Crippen LogP contribution in [0.2, 0.25) is 0 Å². The summed E-state index contributed by atoms with van der Waals surface area (Å²) in [4.78, 5) is 11.5. The third kappa shape index (κ3) is 3.12. The Morgan fingerprint density at radius 3 is 2.57 bits per heavy atom. The van der Waals surface area contributed by atoms with Crippen molar-refractivity contribution in [3.63, 3.8) is 0 Å². The van der Waals surface area contributed by atoms with Gasteiger partial charge in [-0.05, 0) is 31.0 Å². The summed E-state index contributed by atoms with van der Waals surface area (Å²) in [6, 6.07) is 9.70. The van der Waals surface area contributed by atoms with Crippen LogP contribution in [-0.2, 0) is 30.3 Å². The van der Waals surface area contributed by atoms with Crippen LogP contribution in [0.1, 0.15) is 19.4 Å². The minimum Gasteiger partial charge on any atom is -0.345 e. The summed E-state index contributed by atoms with van der Waals surface area (Å²) in [7, 11) is 0. The van der Waals surface area contributed by atoms with Crippen molar-refractivity contribution < 1.29 is 23.7 Å². The zero-order valence-electron chi connectivity index (χ0n) is 11.8. The maximum atomic E-state index is 11.5. The smallest absolute Gasteiger partial charge is 0.253 e. The van der Waals surface area contributed by atoms with Gasteiger partial charge in [0, 0.05) is 0 Å². The second-order valence-corrected chi connectivity index (χ2v) is 5.96. The van der Waals surface area contributed by atoms with Crippen LogP contribution in [0.5, 0.6) is 0 Å².